The van der Waals surface area contributed by atoms with Gasteiger partial charge < -0.3 is 15.1 Å². The molecular formula is C14H15N3O2. The number of nitrogens with zero attached hydrogens (tertiary/aromatic N) is 2. The molecule has 1 aliphatic rings. The third-order valence-corrected chi connectivity index (χ3v) is 3.38. The smallest absolute Gasteiger partial charge is 0.280 e. The van der Waals surface area contributed by atoms with Crippen molar-refractivity contribution in [3.63, 3.8) is 0 Å². The molecule has 1 aromatic carbocycles. The Kier molecular flexibility index (Phi) is 2.55. The average Bonchev–Trinajstić information content (AvgIpc) is 2.91. The first-order valence-corrected chi connectivity index (χ1v) is 6.20. The van der Waals surface area contributed by atoms with Gasteiger partial charge in [-0.2, -0.15) is 0 Å². The summed E-state index contributed by atoms with van der Waals surface area (Å²) in [7, 11) is 0. The second-order valence-corrected chi connectivity index (χ2v) is 4.87. The minimum absolute atomic E-state index is 0.0984. The van der Waals surface area contributed by atoms with Gasteiger partial charge in [0, 0.05) is 24.3 Å². The van der Waals surface area contributed by atoms with Crippen LogP contribution in [0, 0.1) is 6.92 Å². The summed E-state index contributed by atoms with van der Waals surface area (Å²) in [5.74, 6) is 0.344. The molecule has 1 aliphatic heterocycles. The summed E-state index contributed by atoms with van der Waals surface area (Å²) in [4.78, 5) is 18.3. The number of nitrogen functional groups attached to an aromatic ring is 1. The van der Waals surface area contributed by atoms with Crippen molar-refractivity contribution >= 4 is 17.3 Å². The predicted molar refractivity (Wildman–Crippen MR) is 72.1 cm³/mol. The maximum atomic E-state index is 12.5. The minimum Gasteiger partial charge on any atom is -0.448 e. The fourth-order valence-electron chi connectivity index (χ4n) is 2.52. The van der Waals surface area contributed by atoms with Gasteiger partial charge in [0.15, 0.2) is 11.6 Å². The third-order valence-electron chi connectivity index (χ3n) is 3.38. The van der Waals surface area contributed by atoms with Gasteiger partial charge in [0.1, 0.15) is 6.26 Å². The van der Waals surface area contributed by atoms with Crippen LogP contribution in [0.2, 0.25) is 0 Å². The fraction of sp³-hybridized carbons (Fsp3) is 0.286. The molecule has 5 nitrogen and oxygen atoms in total. The predicted octanol–water partition coefficient (Wildman–Crippen LogP) is 2.16. The topological polar surface area (TPSA) is 72.4 Å². The Morgan fingerprint density at radius 1 is 1.53 bits per heavy atom. The van der Waals surface area contributed by atoms with Crippen LogP contribution in [-0.4, -0.2) is 16.9 Å². The maximum absolute atomic E-state index is 12.5. The van der Waals surface area contributed by atoms with Gasteiger partial charge in [0.2, 0.25) is 0 Å². The number of oxazole rings is 1. The lowest BCUT2D eigenvalue weighted by Crippen LogP contribution is -2.36. The first-order valence-electron chi connectivity index (χ1n) is 6.20. The molecule has 0 bridgehead atoms. The maximum Gasteiger partial charge on any atom is 0.280 e. The SMILES string of the molecule is Cc1nc(C(=O)N2c3cc(N)ccc3C[C@H]2C)co1. The van der Waals surface area contributed by atoms with Crippen molar-refractivity contribution in [3.05, 3.63) is 41.6 Å². The van der Waals surface area contributed by atoms with E-state index in [-0.39, 0.29) is 11.9 Å². The molecule has 0 unspecified atom stereocenters. The number of rotatable bonds is 1. The Balaban J connectivity index is 2.02. The zero-order valence-corrected chi connectivity index (χ0v) is 10.9. The number of hydrogen-bond donors (Lipinski definition) is 1. The lowest BCUT2D eigenvalue weighted by atomic mass is 10.1. The highest BCUT2D eigenvalue weighted by molar-refractivity contribution is 6.06. The van der Waals surface area contributed by atoms with E-state index in [2.05, 4.69) is 4.98 Å². The van der Waals surface area contributed by atoms with E-state index >= 15 is 0 Å². The van der Waals surface area contributed by atoms with Crippen molar-refractivity contribution in [2.45, 2.75) is 26.3 Å². The molecule has 19 heavy (non-hydrogen) atoms. The van der Waals surface area contributed by atoms with Gasteiger partial charge in [0.25, 0.3) is 5.91 Å². The number of aryl methyl sites for hydroxylation is 1. The molecule has 0 aliphatic carbocycles. The first kappa shape index (κ1) is 11.8. The van der Waals surface area contributed by atoms with Crippen LogP contribution in [0.15, 0.2) is 28.9 Å². The van der Waals surface area contributed by atoms with Gasteiger partial charge in [-0.1, -0.05) is 6.07 Å². The Labute approximate surface area is 111 Å². The van der Waals surface area contributed by atoms with Crippen LogP contribution < -0.4 is 10.6 Å². The van der Waals surface area contributed by atoms with Crippen LogP contribution >= 0.6 is 0 Å². The second-order valence-electron chi connectivity index (χ2n) is 4.87. The van der Waals surface area contributed by atoms with Crippen molar-refractivity contribution in [2.24, 2.45) is 0 Å². The molecule has 1 aromatic heterocycles. The number of amides is 1. The molecule has 2 heterocycles. The zero-order valence-electron chi connectivity index (χ0n) is 10.9. The van der Waals surface area contributed by atoms with E-state index in [1.165, 1.54) is 6.26 Å². The summed E-state index contributed by atoms with van der Waals surface area (Å²) in [5, 5.41) is 0. The average molecular weight is 257 g/mol. The molecule has 0 saturated carbocycles. The van der Waals surface area contributed by atoms with E-state index in [0.717, 1.165) is 17.7 Å². The molecule has 2 aromatic rings. The van der Waals surface area contributed by atoms with Gasteiger partial charge in [-0.3, -0.25) is 4.79 Å². The Bertz CT molecular complexity index is 648. The highest BCUT2D eigenvalue weighted by Gasteiger charge is 2.32. The van der Waals surface area contributed by atoms with Crippen molar-refractivity contribution in [3.8, 4) is 0 Å². The molecule has 0 spiro atoms. The molecule has 3 rings (SSSR count). The van der Waals surface area contributed by atoms with Crippen LogP contribution in [0.5, 0.6) is 0 Å². The van der Waals surface area contributed by atoms with E-state index < -0.39 is 0 Å². The van der Waals surface area contributed by atoms with Gasteiger partial charge in [0.05, 0.1) is 0 Å². The molecular weight excluding hydrogens is 242 g/mol. The van der Waals surface area contributed by atoms with Crippen LogP contribution in [-0.2, 0) is 6.42 Å². The summed E-state index contributed by atoms with van der Waals surface area (Å²) in [6, 6.07) is 5.77. The molecule has 1 amide bonds. The molecule has 1 atom stereocenters. The minimum atomic E-state index is -0.145. The lowest BCUT2D eigenvalue weighted by Gasteiger charge is -2.21. The summed E-state index contributed by atoms with van der Waals surface area (Å²) in [6.45, 7) is 3.73. The normalized spacial score (nSPS) is 17.6. The highest BCUT2D eigenvalue weighted by Crippen LogP contribution is 2.34. The fourth-order valence-corrected chi connectivity index (χ4v) is 2.52. The van der Waals surface area contributed by atoms with Crippen LogP contribution in [0.4, 0.5) is 11.4 Å². The van der Waals surface area contributed by atoms with Crippen LogP contribution in [0.25, 0.3) is 0 Å². The summed E-state index contributed by atoms with van der Waals surface area (Å²) in [6.07, 6.45) is 2.23. The van der Waals surface area contributed by atoms with E-state index in [1.54, 1.807) is 11.8 Å². The van der Waals surface area contributed by atoms with Gasteiger partial charge in [-0.25, -0.2) is 4.98 Å². The number of hydrogen-bond acceptors (Lipinski definition) is 4. The van der Waals surface area contributed by atoms with Gasteiger partial charge in [-0.15, -0.1) is 0 Å². The quantitative estimate of drug-likeness (QED) is 0.794. The van der Waals surface area contributed by atoms with E-state index in [4.69, 9.17) is 10.2 Å². The van der Waals surface area contributed by atoms with Gasteiger partial charge >= 0.3 is 0 Å². The number of benzene rings is 1. The largest absolute Gasteiger partial charge is 0.448 e. The van der Waals surface area contributed by atoms with Crippen molar-refractivity contribution in [1.82, 2.24) is 4.98 Å². The number of aromatic nitrogens is 1. The molecule has 0 saturated heterocycles. The molecule has 98 valence electrons. The number of carbonyl (C=O) groups excluding carboxylic acids is 1. The summed E-state index contributed by atoms with van der Waals surface area (Å²) < 4.78 is 5.11. The van der Waals surface area contributed by atoms with Crippen molar-refractivity contribution < 1.29 is 9.21 Å². The Hall–Kier alpha value is -2.30. The number of carbonyl (C=O) groups is 1. The molecule has 0 radical (unpaired) electrons. The summed E-state index contributed by atoms with van der Waals surface area (Å²) in [5.41, 5.74) is 8.80. The second kappa shape index (κ2) is 4.12. The van der Waals surface area contributed by atoms with Crippen LogP contribution in [0.1, 0.15) is 28.9 Å². The lowest BCUT2D eigenvalue weighted by molar-refractivity contribution is 0.0976. The Morgan fingerprint density at radius 2 is 2.32 bits per heavy atom. The van der Waals surface area contributed by atoms with E-state index in [1.807, 2.05) is 25.1 Å². The molecule has 5 heteroatoms. The monoisotopic (exact) mass is 257 g/mol. The van der Waals surface area contributed by atoms with Gasteiger partial charge in [-0.05, 0) is 31.0 Å². The van der Waals surface area contributed by atoms with E-state index in [9.17, 15) is 4.79 Å². The standard InChI is InChI=1S/C14H15N3O2/c1-8-5-10-3-4-11(15)6-13(10)17(8)14(18)12-7-19-9(2)16-12/h3-4,6-8H,5,15H2,1-2H3/t8-/m1/s1. The zero-order chi connectivity index (χ0) is 13.6. The number of fused-ring (bicyclic) bond motifs is 1. The van der Waals surface area contributed by atoms with Crippen molar-refractivity contribution in [1.29, 1.82) is 0 Å². The van der Waals surface area contributed by atoms with Crippen molar-refractivity contribution in [2.75, 3.05) is 10.6 Å². The highest BCUT2D eigenvalue weighted by atomic mass is 16.3. The van der Waals surface area contributed by atoms with E-state index in [0.29, 0.717) is 17.3 Å². The number of anilines is 2. The number of nitrogens with two attached hydrogens (primary N) is 1. The molecule has 0 fully saturated rings. The first-order chi connectivity index (χ1) is 9.06. The Morgan fingerprint density at radius 3 is 3.00 bits per heavy atom. The third kappa shape index (κ3) is 1.87. The molecule has 2 N–H and O–H groups in total. The summed E-state index contributed by atoms with van der Waals surface area (Å²) >= 11 is 0. The van der Waals surface area contributed by atoms with Crippen LogP contribution in [0.3, 0.4) is 0 Å².